The zero-order valence-electron chi connectivity index (χ0n) is 14.8. The molecule has 1 saturated heterocycles. The fourth-order valence-electron chi connectivity index (χ4n) is 3.29. The van der Waals surface area contributed by atoms with Gasteiger partial charge in [-0.25, -0.2) is 13.1 Å². The molecule has 1 aliphatic heterocycles. The second-order valence-electron chi connectivity index (χ2n) is 7.15. The van der Waals surface area contributed by atoms with Gasteiger partial charge in [0.05, 0.1) is 4.90 Å². The van der Waals surface area contributed by atoms with Crippen LogP contribution in [0.1, 0.15) is 44.2 Å². The normalized spacial score (nSPS) is 17.8. The first-order valence-electron chi connectivity index (χ1n) is 8.60. The van der Waals surface area contributed by atoms with Gasteiger partial charge in [-0.15, -0.1) is 0 Å². The molecule has 1 aliphatic rings. The average molecular weight is 339 g/mol. The molecule has 0 radical (unpaired) electrons. The number of hydrogen-bond acceptors (Lipinski definition) is 3. The summed E-state index contributed by atoms with van der Waals surface area (Å²) in [6, 6.07) is 5.86. The van der Waals surface area contributed by atoms with E-state index in [0.717, 1.165) is 30.6 Å². The van der Waals surface area contributed by atoms with E-state index in [1.54, 1.807) is 6.07 Å². The first-order chi connectivity index (χ1) is 10.8. The van der Waals surface area contributed by atoms with E-state index in [4.69, 9.17) is 0 Å². The van der Waals surface area contributed by atoms with Crippen molar-refractivity contribution in [3.8, 4) is 0 Å². The Morgan fingerprint density at radius 1 is 1.17 bits per heavy atom. The van der Waals surface area contributed by atoms with Crippen LogP contribution in [0.5, 0.6) is 0 Å². The van der Waals surface area contributed by atoms with E-state index in [9.17, 15) is 8.42 Å². The molecule has 1 heterocycles. The molecule has 4 nitrogen and oxygen atoms in total. The number of aryl methyl sites for hydroxylation is 2. The molecule has 5 heteroatoms. The third-order valence-electron chi connectivity index (χ3n) is 4.54. The van der Waals surface area contributed by atoms with Crippen LogP contribution in [0.25, 0.3) is 0 Å². The van der Waals surface area contributed by atoms with E-state index in [1.807, 2.05) is 26.0 Å². The summed E-state index contributed by atoms with van der Waals surface area (Å²) in [4.78, 5) is 2.84. The number of rotatable bonds is 7. The minimum Gasteiger partial charge on any atom is -0.299 e. The highest BCUT2D eigenvalue weighted by molar-refractivity contribution is 7.89. The van der Waals surface area contributed by atoms with Gasteiger partial charge < -0.3 is 0 Å². The minimum atomic E-state index is -3.45. The maximum Gasteiger partial charge on any atom is 0.240 e. The number of nitrogens with one attached hydrogen (secondary N) is 1. The summed E-state index contributed by atoms with van der Waals surface area (Å²) in [5.41, 5.74) is 1.76. The van der Waals surface area contributed by atoms with Gasteiger partial charge in [0, 0.05) is 12.6 Å². The van der Waals surface area contributed by atoms with E-state index in [-0.39, 0.29) is 6.04 Å². The molecule has 1 atom stereocenters. The highest BCUT2D eigenvalue weighted by Crippen LogP contribution is 2.20. The summed E-state index contributed by atoms with van der Waals surface area (Å²) >= 11 is 0. The molecule has 0 saturated carbocycles. The summed E-state index contributed by atoms with van der Waals surface area (Å²) < 4.78 is 28.2. The quantitative estimate of drug-likeness (QED) is 0.831. The van der Waals surface area contributed by atoms with Gasteiger partial charge in [-0.3, -0.25) is 4.90 Å². The first-order valence-corrected chi connectivity index (χ1v) is 10.1. The van der Waals surface area contributed by atoms with E-state index in [1.165, 1.54) is 12.8 Å². The van der Waals surface area contributed by atoms with Crippen LogP contribution in [0, 0.1) is 19.8 Å². The van der Waals surface area contributed by atoms with Gasteiger partial charge in [-0.2, -0.15) is 0 Å². The number of benzene rings is 1. The average Bonchev–Trinajstić information content (AvgIpc) is 2.99. The highest BCUT2D eigenvalue weighted by atomic mass is 32.2. The molecule has 1 unspecified atom stereocenters. The molecule has 0 aliphatic carbocycles. The van der Waals surface area contributed by atoms with E-state index in [0.29, 0.717) is 17.4 Å². The molecule has 1 aromatic rings. The molecule has 0 spiro atoms. The molecular weight excluding hydrogens is 308 g/mol. The smallest absolute Gasteiger partial charge is 0.240 e. The van der Waals surface area contributed by atoms with Crippen molar-refractivity contribution in [3.05, 3.63) is 29.3 Å². The fourth-order valence-corrected chi connectivity index (χ4v) is 4.69. The van der Waals surface area contributed by atoms with E-state index < -0.39 is 10.0 Å². The van der Waals surface area contributed by atoms with Crippen LogP contribution in [0.15, 0.2) is 23.1 Å². The van der Waals surface area contributed by atoms with Gasteiger partial charge in [-0.05, 0) is 69.3 Å². The standard InChI is InChI=1S/C18H30N2O2S/c1-14(2)11-17(20-9-5-6-10-20)13-19-23(21,22)18-12-15(3)7-8-16(18)4/h7-8,12,14,17,19H,5-6,9-11,13H2,1-4H3. The Balaban J connectivity index is 2.10. The van der Waals surface area contributed by atoms with Crippen LogP contribution < -0.4 is 4.72 Å². The Morgan fingerprint density at radius 2 is 1.83 bits per heavy atom. The van der Waals surface area contributed by atoms with Crippen molar-refractivity contribution in [1.82, 2.24) is 9.62 Å². The summed E-state index contributed by atoms with van der Waals surface area (Å²) in [5, 5.41) is 0. The molecule has 0 bridgehead atoms. The lowest BCUT2D eigenvalue weighted by atomic mass is 10.0. The molecule has 23 heavy (non-hydrogen) atoms. The lowest BCUT2D eigenvalue weighted by Crippen LogP contribution is -2.43. The van der Waals surface area contributed by atoms with Crippen molar-refractivity contribution < 1.29 is 8.42 Å². The zero-order chi connectivity index (χ0) is 17.0. The van der Waals surface area contributed by atoms with Gasteiger partial charge in [-0.1, -0.05) is 26.0 Å². The lowest BCUT2D eigenvalue weighted by molar-refractivity contribution is 0.214. The molecule has 1 aromatic carbocycles. The SMILES string of the molecule is Cc1ccc(C)c(S(=O)(=O)NCC(CC(C)C)N2CCCC2)c1. The second-order valence-corrected chi connectivity index (χ2v) is 8.88. The number of likely N-dealkylation sites (tertiary alicyclic amines) is 1. The van der Waals surface area contributed by atoms with Crippen LogP contribution in [0.2, 0.25) is 0 Å². The first kappa shape index (κ1) is 18.4. The monoisotopic (exact) mass is 338 g/mol. The van der Waals surface area contributed by atoms with Gasteiger partial charge in [0.1, 0.15) is 0 Å². The number of sulfonamides is 1. The van der Waals surface area contributed by atoms with Crippen molar-refractivity contribution in [3.63, 3.8) is 0 Å². The van der Waals surface area contributed by atoms with Gasteiger partial charge >= 0.3 is 0 Å². The molecule has 130 valence electrons. The van der Waals surface area contributed by atoms with Crippen molar-refractivity contribution in [2.45, 2.75) is 57.9 Å². The molecular formula is C18H30N2O2S. The van der Waals surface area contributed by atoms with Crippen LogP contribution in [-0.4, -0.2) is 39.0 Å². The largest absolute Gasteiger partial charge is 0.299 e. The third-order valence-corrected chi connectivity index (χ3v) is 6.11. The summed E-state index contributed by atoms with van der Waals surface area (Å²) in [6.45, 7) is 10.8. The van der Waals surface area contributed by atoms with E-state index >= 15 is 0 Å². The maximum absolute atomic E-state index is 12.7. The van der Waals surface area contributed by atoms with Crippen molar-refractivity contribution in [2.75, 3.05) is 19.6 Å². The van der Waals surface area contributed by atoms with Gasteiger partial charge in [0.2, 0.25) is 10.0 Å². The van der Waals surface area contributed by atoms with Crippen LogP contribution in [-0.2, 0) is 10.0 Å². The third kappa shape index (κ3) is 5.03. The van der Waals surface area contributed by atoms with Crippen molar-refractivity contribution in [2.24, 2.45) is 5.92 Å². The summed E-state index contributed by atoms with van der Waals surface area (Å²) in [6.07, 6.45) is 3.46. The van der Waals surface area contributed by atoms with Crippen LogP contribution >= 0.6 is 0 Å². The predicted molar refractivity (Wildman–Crippen MR) is 95.2 cm³/mol. The molecule has 1 N–H and O–H groups in total. The highest BCUT2D eigenvalue weighted by Gasteiger charge is 2.25. The Bertz CT molecular complexity index is 620. The van der Waals surface area contributed by atoms with Crippen LogP contribution in [0.3, 0.4) is 0 Å². The maximum atomic E-state index is 12.7. The number of nitrogens with zero attached hydrogens (tertiary/aromatic N) is 1. The van der Waals surface area contributed by atoms with Gasteiger partial charge in [0.15, 0.2) is 0 Å². The molecule has 0 amide bonds. The zero-order valence-corrected chi connectivity index (χ0v) is 15.6. The Labute approximate surface area is 141 Å². The van der Waals surface area contributed by atoms with Crippen molar-refractivity contribution >= 4 is 10.0 Å². The second kappa shape index (κ2) is 7.77. The topological polar surface area (TPSA) is 49.4 Å². The Morgan fingerprint density at radius 3 is 2.43 bits per heavy atom. The number of hydrogen-bond donors (Lipinski definition) is 1. The predicted octanol–water partition coefficient (Wildman–Crippen LogP) is 3.09. The molecule has 1 fully saturated rings. The van der Waals surface area contributed by atoms with Gasteiger partial charge in [0.25, 0.3) is 0 Å². The minimum absolute atomic E-state index is 0.289. The summed E-state index contributed by atoms with van der Waals surface area (Å²) in [7, 11) is -3.45. The lowest BCUT2D eigenvalue weighted by Gasteiger charge is -2.29. The molecule has 2 rings (SSSR count). The molecule has 0 aromatic heterocycles. The Kier molecular flexibility index (Phi) is 6.23. The van der Waals surface area contributed by atoms with Crippen molar-refractivity contribution in [1.29, 1.82) is 0 Å². The summed E-state index contributed by atoms with van der Waals surface area (Å²) in [5.74, 6) is 0.561. The Hall–Kier alpha value is -0.910. The van der Waals surface area contributed by atoms with E-state index in [2.05, 4.69) is 23.5 Å². The van der Waals surface area contributed by atoms with Crippen LogP contribution in [0.4, 0.5) is 0 Å². The fraction of sp³-hybridized carbons (Fsp3) is 0.667.